The first-order valence-electron chi connectivity index (χ1n) is 9.39. The number of carbonyl (C=O) groups excluding carboxylic acids is 1. The van der Waals surface area contributed by atoms with Crippen molar-refractivity contribution in [3.63, 3.8) is 0 Å². The van der Waals surface area contributed by atoms with E-state index in [1.807, 2.05) is 0 Å². The van der Waals surface area contributed by atoms with E-state index in [2.05, 4.69) is 41.9 Å². The second-order valence-corrected chi connectivity index (χ2v) is 8.38. The average Bonchev–Trinajstić information content (AvgIpc) is 2.75. The van der Waals surface area contributed by atoms with Crippen molar-refractivity contribution in [2.75, 3.05) is 13.7 Å². The summed E-state index contributed by atoms with van der Waals surface area (Å²) in [6.07, 6.45) is 1.07. The van der Waals surface area contributed by atoms with Gasteiger partial charge in [-0.1, -0.05) is 12.1 Å². The molecule has 0 radical (unpaired) electrons. The quantitative estimate of drug-likeness (QED) is 0.345. The zero-order chi connectivity index (χ0) is 23.4. The van der Waals surface area contributed by atoms with Crippen LogP contribution in [0.5, 0.6) is 11.5 Å². The van der Waals surface area contributed by atoms with Crippen LogP contribution in [0, 0.1) is 0 Å². The molecule has 0 fully saturated rings. The molecule has 0 amide bonds. The third kappa shape index (κ3) is 5.10. The molecule has 1 heterocycles. The molecule has 0 saturated heterocycles. The van der Waals surface area contributed by atoms with Crippen LogP contribution in [-0.2, 0) is 9.53 Å². The van der Waals surface area contributed by atoms with Crippen molar-refractivity contribution in [3.8, 4) is 11.5 Å². The molecule has 0 saturated carbocycles. The van der Waals surface area contributed by atoms with Crippen molar-refractivity contribution >= 4 is 54.9 Å². The second kappa shape index (κ2) is 10.1. The number of H-pyrrole nitrogens is 1. The van der Waals surface area contributed by atoms with Gasteiger partial charge >= 0.3 is 11.7 Å². The van der Waals surface area contributed by atoms with Crippen molar-refractivity contribution in [2.45, 2.75) is 20.0 Å². The fraction of sp³-hybridized carbons (Fsp3) is 0.238. The van der Waals surface area contributed by atoms with Gasteiger partial charge in [-0.05, 0) is 63.9 Å². The van der Waals surface area contributed by atoms with Crippen LogP contribution in [0.1, 0.15) is 19.4 Å². The topological polar surface area (TPSA) is 112 Å². The first kappa shape index (κ1) is 23.7. The minimum atomic E-state index is -0.671. The van der Waals surface area contributed by atoms with Gasteiger partial charge < -0.3 is 19.2 Å². The minimum absolute atomic E-state index is 0.261. The number of halogens is 2. The van der Waals surface area contributed by atoms with Gasteiger partial charge in [-0.2, -0.15) is 5.10 Å². The molecule has 1 N–H and O–H groups in total. The summed E-state index contributed by atoms with van der Waals surface area (Å²) in [5.74, 6) is 0.0576. The fourth-order valence-electron chi connectivity index (χ4n) is 2.79. The molecule has 168 valence electrons. The van der Waals surface area contributed by atoms with E-state index in [1.54, 1.807) is 44.2 Å². The van der Waals surface area contributed by atoms with Crippen LogP contribution in [0.15, 0.2) is 54.0 Å². The number of ether oxygens (including phenoxy) is 3. The number of rotatable bonds is 7. The highest BCUT2D eigenvalue weighted by Gasteiger charge is 2.18. The lowest BCUT2D eigenvalue weighted by atomic mass is 10.2. The van der Waals surface area contributed by atoms with Gasteiger partial charge in [-0.15, -0.1) is 4.68 Å². The van der Waals surface area contributed by atoms with Crippen LogP contribution >= 0.6 is 31.9 Å². The van der Waals surface area contributed by atoms with E-state index in [0.717, 1.165) is 4.68 Å². The van der Waals surface area contributed by atoms with Gasteiger partial charge in [-0.3, -0.25) is 4.79 Å². The number of aromatic nitrogens is 2. The Morgan fingerprint density at radius 3 is 2.62 bits per heavy atom. The number of nitrogens with one attached hydrogen (secondary N) is 1. The van der Waals surface area contributed by atoms with Gasteiger partial charge in [0.25, 0.3) is 5.56 Å². The van der Waals surface area contributed by atoms with Crippen LogP contribution < -0.4 is 20.7 Å². The predicted molar refractivity (Wildman–Crippen MR) is 127 cm³/mol. The normalized spacial score (nSPS) is 11.3. The number of hydrogen-bond acceptors (Lipinski definition) is 7. The van der Waals surface area contributed by atoms with Gasteiger partial charge in [0.1, 0.15) is 0 Å². The molecule has 1 aromatic heterocycles. The SMILES string of the molecule is COc1cc(C=Nn2c(=O)[nH]c3ccccc3c2=O)c(Br)c(Br)c1OCC(=O)OC(C)C. The van der Waals surface area contributed by atoms with Crippen LogP contribution in [0.3, 0.4) is 0 Å². The Kier molecular flexibility index (Phi) is 7.52. The number of aromatic amines is 1. The maximum atomic E-state index is 12.6. The largest absolute Gasteiger partial charge is 0.493 e. The number of nitrogens with zero attached hydrogens (tertiary/aromatic N) is 2. The molecular weight excluding hydrogens is 550 g/mol. The first-order chi connectivity index (χ1) is 15.2. The predicted octanol–water partition coefficient (Wildman–Crippen LogP) is 3.44. The van der Waals surface area contributed by atoms with Crippen LogP contribution in [0.2, 0.25) is 0 Å². The second-order valence-electron chi connectivity index (χ2n) is 6.79. The maximum absolute atomic E-state index is 12.6. The summed E-state index contributed by atoms with van der Waals surface area (Å²) in [5, 5.41) is 4.39. The summed E-state index contributed by atoms with van der Waals surface area (Å²) in [6, 6.07) is 8.25. The van der Waals surface area contributed by atoms with E-state index in [-0.39, 0.29) is 18.5 Å². The molecule has 0 aliphatic heterocycles. The Morgan fingerprint density at radius 1 is 1.22 bits per heavy atom. The summed E-state index contributed by atoms with van der Waals surface area (Å²) in [7, 11) is 1.44. The van der Waals surface area contributed by atoms with Gasteiger partial charge in [0.2, 0.25) is 0 Å². The lowest BCUT2D eigenvalue weighted by molar-refractivity contribution is -0.149. The molecule has 0 spiro atoms. The van der Waals surface area contributed by atoms with Gasteiger partial charge in [-0.25, -0.2) is 9.59 Å². The molecule has 0 atom stereocenters. The van der Waals surface area contributed by atoms with E-state index in [1.165, 1.54) is 13.3 Å². The highest BCUT2D eigenvalue weighted by Crippen LogP contribution is 2.42. The zero-order valence-electron chi connectivity index (χ0n) is 17.3. The van der Waals surface area contributed by atoms with Crippen LogP contribution in [0.4, 0.5) is 0 Å². The van der Waals surface area contributed by atoms with Crippen LogP contribution in [0.25, 0.3) is 10.9 Å². The molecule has 0 unspecified atom stereocenters. The van der Waals surface area contributed by atoms with E-state index in [9.17, 15) is 14.4 Å². The van der Waals surface area contributed by atoms with Gasteiger partial charge in [0.05, 0.1) is 34.8 Å². The fourth-order valence-corrected chi connectivity index (χ4v) is 3.73. The van der Waals surface area contributed by atoms with E-state index < -0.39 is 17.2 Å². The highest BCUT2D eigenvalue weighted by molar-refractivity contribution is 9.13. The summed E-state index contributed by atoms with van der Waals surface area (Å²) in [6.45, 7) is 3.17. The highest BCUT2D eigenvalue weighted by atomic mass is 79.9. The molecule has 11 heteroatoms. The average molecular weight is 569 g/mol. The van der Waals surface area contributed by atoms with E-state index >= 15 is 0 Å². The summed E-state index contributed by atoms with van der Waals surface area (Å²) in [4.78, 5) is 39.4. The summed E-state index contributed by atoms with van der Waals surface area (Å²) in [5.41, 5.74) is -0.301. The van der Waals surface area contributed by atoms with Crippen molar-refractivity contribution in [2.24, 2.45) is 5.10 Å². The summed E-state index contributed by atoms with van der Waals surface area (Å²) >= 11 is 6.84. The van der Waals surface area contributed by atoms with Crippen LogP contribution in [-0.4, -0.2) is 41.7 Å². The number of carbonyl (C=O) groups is 1. The molecule has 0 bridgehead atoms. The Bertz CT molecular complexity index is 1310. The molecule has 2 aromatic carbocycles. The first-order valence-corrected chi connectivity index (χ1v) is 11.0. The Morgan fingerprint density at radius 2 is 1.94 bits per heavy atom. The molecule has 3 rings (SSSR count). The zero-order valence-corrected chi connectivity index (χ0v) is 20.5. The molecule has 0 aliphatic carbocycles. The number of fused-ring (bicyclic) bond motifs is 1. The smallest absolute Gasteiger partial charge is 0.349 e. The summed E-state index contributed by atoms with van der Waals surface area (Å²) < 4.78 is 17.7. The third-order valence-corrected chi connectivity index (χ3v) is 6.32. The standard InChI is InChI=1S/C21H19Br2N3O6/c1-11(2)32-16(27)10-31-19-15(30-3)8-12(17(22)18(19)23)9-24-26-20(28)13-6-4-5-7-14(13)25-21(26)29/h4-9,11H,10H2,1-3H3,(H,25,29). The molecule has 3 aromatic rings. The third-order valence-electron chi connectivity index (χ3n) is 4.17. The number of para-hydroxylation sites is 1. The minimum Gasteiger partial charge on any atom is -0.493 e. The molecule has 0 aliphatic rings. The van der Waals surface area contributed by atoms with E-state index in [4.69, 9.17) is 14.2 Å². The molecule has 32 heavy (non-hydrogen) atoms. The Balaban J connectivity index is 1.96. The lowest BCUT2D eigenvalue weighted by Crippen LogP contribution is -2.32. The molecular formula is C21H19Br2N3O6. The van der Waals surface area contributed by atoms with E-state index in [0.29, 0.717) is 31.2 Å². The number of hydrogen-bond donors (Lipinski definition) is 1. The van der Waals surface area contributed by atoms with Crippen molar-refractivity contribution in [1.82, 2.24) is 9.66 Å². The Hall–Kier alpha value is -2.92. The molecule has 9 nitrogen and oxygen atoms in total. The number of benzene rings is 2. The number of methoxy groups -OCH3 is 1. The Labute approximate surface area is 199 Å². The van der Waals surface area contributed by atoms with Gasteiger partial charge in [0, 0.05) is 10.0 Å². The monoisotopic (exact) mass is 567 g/mol. The van der Waals surface area contributed by atoms with Gasteiger partial charge in [0.15, 0.2) is 18.1 Å². The van der Waals surface area contributed by atoms with Crippen molar-refractivity contribution in [1.29, 1.82) is 0 Å². The number of esters is 1. The van der Waals surface area contributed by atoms with Crippen molar-refractivity contribution in [3.05, 3.63) is 65.7 Å². The maximum Gasteiger partial charge on any atom is 0.349 e. The lowest BCUT2D eigenvalue weighted by Gasteiger charge is -2.15. The van der Waals surface area contributed by atoms with Crippen molar-refractivity contribution < 1.29 is 19.0 Å².